The van der Waals surface area contributed by atoms with Crippen LogP contribution >= 0.6 is 0 Å². The van der Waals surface area contributed by atoms with Gasteiger partial charge >= 0.3 is 0 Å². The lowest BCUT2D eigenvalue weighted by atomic mass is 10.3. The summed E-state index contributed by atoms with van der Waals surface area (Å²) in [7, 11) is 0. The van der Waals surface area contributed by atoms with Gasteiger partial charge < -0.3 is 10.6 Å². The molecule has 0 saturated carbocycles. The van der Waals surface area contributed by atoms with E-state index in [2.05, 4.69) is 20.7 Å². The maximum absolute atomic E-state index is 11.6. The maximum Gasteiger partial charge on any atom is 0.243 e. The zero-order chi connectivity index (χ0) is 13.1. The molecule has 0 aliphatic carbocycles. The molecule has 2 rings (SSSR count). The number of aryl methyl sites for hydroxylation is 1. The summed E-state index contributed by atoms with van der Waals surface area (Å²) >= 11 is 0. The molecule has 6 heteroatoms. The zero-order valence-corrected chi connectivity index (χ0v) is 10.8. The van der Waals surface area contributed by atoms with Crippen LogP contribution in [0.25, 0.3) is 5.65 Å². The number of rotatable bonds is 4. The van der Waals surface area contributed by atoms with Crippen molar-refractivity contribution in [2.75, 3.05) is 11.9 Å². The van der Waals surface area contributed by atoms with E-state index in [-0.39, 0.29) is 11.9 Å². The summed E-state index contributed by atoms with van der Waals surface area (Å²) in [5, 5.41) is 10.0. The molecule has 96 valence electrons. The number of nitrogens with zero attached hydrogens (tertiary/aromatic N) is 3. The maximum atomic E-state index is 11.6. The van der Waals surface area contributed by atoms with Crippen molar-refractivity contribution in [3.05, 3.63) is 23.9 Å². The van der Waals surface area contributed by atoms with Crippen molar-refractivity contribution < 1.29 is 4.79 Å². The van der Waals surface area contributed by atoms with Crippen molar-refractivity contribution >= 4 is 17.5 Å². The zero-order valence-electron chi connectivity index (χ0n) is 10.8. The third kappa shape index (κ3) is 2.42. The Balaban J connectivity index is 2.17. The van der Waals surface area contributed by atoms with E-state index in [9.17, 15) is 4.79 Å². The molecular formula is C12H17N5O. The molecule has 0 bridgehead atoms. The number of carbonyl (C=O) groups excluding carboxylic acids is 1. The van der Waals surface area contributed by atoms with Crippen molar-refractivity contribution in [2.24, 2.45) is 0 Å². The van der Waals surface area contributed by atoms with Crippen molar-refractivity contribution in [3.8, 4) is 0 Å². The molecule has 2 N–H and O–H groups in total. The minimum Gasteiger partial charge on any atom is -0.355 e. The second kappa shape index (κ2) is 5.03. The Bertz CT molecular complexity index is 563. The van der Waals surface area contributed by atoms with Crippen molar-refractivity contribution in [1.82, 2.24) is 19.9 Å². The molecule has 0 saturated heterocycles. The monoisotopic (exact) mass is 247 g/mol. The van der Waals surface area contributed by atoms with E-state index >= 15 is 0 Å². The summed E-state index contributed by atoms with van der Waals surface area (Å²) in [6, 6.07) is 3.53. The Kier molecular flexibility index (Phi) is 3.45. The molecule has 1 amide bonds. The summed E-state index contributed by atoms with van der Waals surface area (Å²) < 4.78 is 1.70. The van der Waals surface area contributed by atoms with Gasteiger partial charge in [0.25, 0.3) is 0 Å². The van der Waals surface area contributed by atoms with Crippen molar-refractivity contribution in [2.45, 2.75) is 26.8 Å². The van der Waals surface area contributed by atoms with E-state index in [0.29, 0.717) is 12.5 Å². The predicted molar refractivity (Wildman–Crippen MR) is 69.5 cm³/mol. The second-order valence-electron chi connectivity index (χ2n) is 4.16. The first-order valence-electron chi connectivity index (χ1n) is 5.98. The Labute approximate surface area is 105 Å². The minimum absolute atomic E-state index is 0.0620. The standard InChI is InChI=1S/C12H17N5O/c1-4-13-11(18)9(3)14-12-15-10-8(2)6-5-7-17(10)16-12/h5-7,9H,4H2,1-3H3,(H,13,18)(H,14,16). The van der Waals surface area contributed by atoms with Gasteiger partial charge in [-0.2, -0.15) is 4.98 Å². The molecule has 18 heavy (non-hydrogen) atoms. The first-order valence-corrected chi connectivity index (χ1v) is 5.98. The summed E-state index contributed by atoms with van der Waals surface area (Å²) in [5.41, 5.74) is 1.84. The third-order valence-electron chi connectivity index (χ3n) is 2.65. The van der Waals surface area contributed by atoms with Gasteiger partial charge in [-0.25, -0.2) is 4.52 Å². The van der Waals surface area contributed by atoms with Gasteiger partial charge in [-0.1, -0.05) is 6.07 Å². The van der Waals surface area contributed by atoms with E-state index in [0.717, 1.165) is 11.2 Å². The van der Waals surface area contributed by atoms with Gasteiger partial charge in [-0.15, -0.1) is 5.10 Å². The van der Waals surface area contributed by atoms with Crippen LogP contribution in [0.3, 0.4) is 0 Å². The van der Waals surface area contributed by atoms with Gasteiger partial charge in [-0.05, 0) is 32.4 Å². The van der Waals surface area contributed by atoms with Gasteiger partial charge in [0.15, 0.2) is 5.65 Å². The number of aromatic nitrogens is 3. The van der Waals surface area contributed by atoms with E-state index in [1.165, 1.54) is 0 Å². The lowest BCUT2D eigenvalue weighted by Gasteiger charge is -2.10. The molecule has 1 unspecified atom stereocenters. The van der Waals surface area contributed by atoms with Crippen LogP contribution in [0, 0.1) is 6.92 Å². The van der Waals surface area contributed by atoms with E-state index < -0.39 is 0 Å². The van der Waals surface area contributed by atoms with Crippen LogP contribution in [0.4, 0.5) is 5.95 Å². The number of carbonyl (C=O) groups is 1. The number of hydrogen-bond donors (Lipinski definition) is 2. The predicted octanol–water partition coefficient (Wildman–Crippen LogP) is 0.974. The highest BCUT2D eigenvalue weighted by Crippen LogP contribution is 2.10. The number of fused-ring (bicyclic) bond motifs is 1. The summed E-state index contributed by atoms with van der Waals surface area (Å²) in [4.78, 5) is 15.9. The Morgan fingerprint density at radius 3 is 3.00 bits per heavy atom. The topological polar surface area (TPSA) is 71.3 Å². The molecule has 0 spiro atoms. The number of likely N-dealkylation sites (N-methyl/N-ethyl adjacent to an activating group) is 1. The second-order valence-corrected chi connectivity index (χ2v) is 4.16. The Morgan fingerprint density at radius 2 is 2.33 bits per heavy atom. The Hall–Kier alpha value is -2.11. The molecule has 6 nitrogen and oxygen atoms in total. The molecule has 2 aromatic heterocycles. The summed E-state index contributed by atoms with van der Waals surface area (Å²) in [6.07, 6.45) is 1.83. The average molecular weight is 247 g/mol. The van der Waals surface area contributed by atoms with Crippen molar-refractivity contribution in [3.63, 3.8) is 0 Å². The van der Waals surface area contributed by atoms with Gasteiger partial charge in [0, 0.05) is 12.7 Å². The SMILES string of the molecule is CCNC(=O)C(C)Nc1nc2c(C)cccn2n1. The summed E-state index contributed by atoms with van der Waals surface area (Å²) in [5.74, 6) is 0.399. The van der Waals surface area contributed by atoms with Crippen LogP contribution in [0.15, 0.2) is 18.3 Å². The molecule has 0 aliphatic heterocycles. The first-order chi connectivity index (χ1) is 8.61. The molecule has 1 atom stereocenters. The quantitative estimate of drug-likeness (QED) is 0.844. The fraction of sp³-hybridized carbons (Fsp3) is 0.417. The number of nitrogens with one attached hydrogen (secondary N) is 2. The van der Waals surface area contributed by atoms with Crippen LogP contribution in [-0.2, 0) is 4.79 Å². The minimum atomic E-state index is -0.359. The lowest BCUT2D eigenvalue weighted by molar-refractivity contribution is -0.121. The van der Waals surface area contributed by atoms with Crippen LogP contribution in [0.1, 0.15) is 19.4 Å². The molecule has 2 heterocycles. The fourth-order valence-corrected chi connectivity index (χ4v) is 1.69. The van der Waals surface area contributed by atoms with Gasteiger partial charge in [0.1, 0.15) is 6.04 Å². The number of hydrogen-bond acceptors (Lipinski definition) is 4. The van der Waals surface area contributed by atoms with Gasteiger partial charge in [0.2, 0.25) is 11.9 Å². The van der Waals surface area contributed by atoms with Crippen LogP contribution in [0.2, 0.25) is 0 Å². The van der Waals surface area contributed by atoms with Crippen LogP contribution < -0.4 is 10.6 Å². The van der Waals surface area contributed by atoms with E-state index in [4.69, 9.17) is 0 Å². The summed E-state index contributed by atoms with van der Waals surface area (Å²) in [6.45, 7) is 6.25. The van der Waals surface area contributed by atoms with E-state index in [1.807, 2.05) is 32.2 Å². The van der Waals surface area contributed by atoms with Crippen molar-refractivity contribution in [1.29, 1.82) is 0 Å². The largest absolute Gasteiger partial charge is 0.355 e. The first kappa shape index (κ1) is 12.3. The lowest BCUT2D eigenvalue weighted by Crippen LogP contribution is -2.37. The van der Waals surface area contributed by atoms with Crippen LogP contribution in [-0.4, -0.2) is 33.1 Å². The van der Waals surface area contributed by atoms with Gasteiger partial charge in [-0.3, -0.25) is 4.79 Å². The fourth-order valence-electron chi connectivity index (χ4n) is 1.69. The molecule has 0 fully saturated rings. The smallest absolute Gasteiger partial charge is 0.243 e. The van der Waals surface area contributed by atoms with E-state index in [1.54, 1.807) is 11.4 Å². The van der Waals surface area contributed by atoms with Crippen LogP contribution in [0.5, 0.6) is 0 Å². The highest BCUT2D eigenvalue weighted by molar-refractivity contribution is 5.83. The third-order valence-corrected chi connectivity index (χ3v) is 2.65. The normalized spacial score (nSPS) is 12.4. The Morgan fingerprint density at radius 1 is 1.56 bits per heavy atom. The average Bonchev–Trinajstić information content (AvgIpc) is 2.73. The number of amides is 1. The molecule has 0 radical (unpaired) electrons. The molecule has 0 aromatic carbocycles. The number of anilines is 1. The highest BCUT2D eigenvalue weighted by atomic mass is 16.2. The van der Waals surface area contributed by atoms with Gasteiger partial charge in [0.05, 0.1) is 0 Å². The number of pyridine rings is 1. The molecule has 2 aromatic rings. The molecule has 0 aliphatic rings. The molecular weight excluding hydrogens is 230 g/mol. The highest BCUT2D eigenvalue weighted by Gasteiger charge is 2.14.